The number of aromatic nitrogens is 4. The molecule has 0 fully saturated rings. The van der Waals surface area contributed by atoms with Gasteiger partial charge >= 0.3 is 0 Å². The van der Waals surface area contributed by atoms with Crippen molar-refractivity contribution < 1.29 is 0 Å². The standard InChI is InChI=1S/C10H13ClN4/c1-7-10(11)9(14(3)13-7)6-15-5-4-12-8(15)2/h4-5H,6H2,1-3H3. The lowest BCUT2D eigenvalue weighted by Crippen LogP contribution is -2.06. The van der Waals surface area contributed by atoms with E-state index >= 15 is 0 Å². The summed E-state index contributed by atoms with van der Waals surface area (Å²) >= 11 is 6.17. The van der Waals surface area contributed by atoms with E-state index in [1.807, 2.05) is 36.3 Å². The molecule has 2 aromatic heterocycles. The average molecular weight is 225 g/mol. The van der Waals surface area contributed by atoms with Gasteiger partial charge in [0.15, 0.2) is 0 Å². The number of halogens is 1. The molecule has 0 aliphatic rings. The molecule has 0 atom stereocenters. The molecule has 0 radical (unpaired) electrons. The van der Waals surface area contributed by atoms with E-state index in [4.69, 9.17) is 11.6 Å². The third-order valence-corrected chi connectivity index (χ3v) is 3.00. The van der Waals surface area contributed by atoms with E-state index in [-0.39, 0.29) is 0 Å². The molecule has 0 saturated heterocycles. The van der Waals surface area contributed by atoms with Gasteiger partial charge in [0.05, 0.1) is 23.0 Å². The van der Waals surface area contributed by atoms with Crippen molar-refractivity contribution in [1.29, 1.82) is 0 Å². The van der Waals surface area contributed by atoms with Crippen molar-refractivity contribution >= 4 is 11.6 Å². The molecule has 0 aliphatic heterocycles. The predicted molar refractivity (Wildman–Crippen MR) is 59.0 cm³/mol. The Bertz CT molecular complexity index is 484. The van der Waals surface area contributed by atoms with Crippen LogP contribution in [-0.4, -0.2) is 19.3 Å². The van der Waals surface area contributed by atoms with Crippen molar-refractivity contribution in [1.82, 2.24) is 19.3 Å². The Morgan fingerprint density at radius 1 is 1.40 bits per heavy atom. The highest BCUT2D eigenvalue weighted by molar-refractivity contribution is 6.31. The lowest BCUT2D eigenvalue weighted by Gasteiger charge is -2.05. The summed E-state index contributed by atoms with van der Waals surface area (Å²) in [5.74, 6) is 0.977. The van der Waals surface area contributed by atoms with Crippen LogP contribution in [0.2, 0.25) is 5.02 Å². The fraction of sp³-hybridized carbons (Fsp3) is 0.400. The summed E-state index contributed by atoms with van der Waals surface area (Å²) in [4.78, 5) is 4.17. The number of aryl methyl sites for hydroxylation is 3. The number of hydrogen-bond acceptors (Lipinski definition) is 2. The van der Waals surface area contributed by atoms with Gasteiger partial charge in [0, 0.05) is 19.4 Å². The molecule has 15 heavy (non-hydrogen) atoms. The highest BCUT2D eigenvalue weighted by Gasteiger charge is 2.11. The molecule has 2 aromatic rings. The smallest absolute Gasteiger partial charge is 0.105 e. The lowest BCUT2D eigenvalue weighted by molar-refractivity contribution is 0.653. The van der Waals surface area contributed by atoms with E-state index in [2.05, 4.69) is 10.1 Å². The van der Waals surface area contributed by atoms with Crippen LogP contribution in [0.3, 0.4) is 0 Å². The van der Waals surface area contributed by atoms with Gasteiger partial charge in [-0.1, -0.05) is 11.6 Å². The Morgan fingerprint density at radius 2 is 2.13 bits per heavy atom. The second-order valence-corrected chi connectivity index (χ2v) is 3.95. The molecule has 0 unspecified atom stereocenters. The van der Waals surface area contributed by atoms with Gasteiger partial charge in [0.25, 0.3) is 0 Å². The maximum Gasteiger partial charge on any atom is 0.105 e. The molecular weight excluding hydrogens is 212 g/mol. The van der Waals surface area contributed by atoms with Crippen LogP contribution in [0.25, 0.3) is 0 Å². The quantitative estimate of drug-likeness (QED) is 0.782. The van der Waals surface area contributed by atoms with Gasteiger partial charge in [-0.25, -0.2) is 4.98 Å². The SMILES string of the molecule is Cc1nn(C)c(Cn2ccnc2C)c1Cl. The molecule has 0 amide bonds. The summed E-state index contributed by atoms with van der Waals surface area (Å²) < 4.78 is 3.86. The monoisotopic (exact) mass is 224 g/mol. The van der Waals surface area contributed by atoms with Crippen molar-refractivity contribution in [3.05, 3.63) is 34.6 Å². The van der Waals surface area contributed by atoms with Crippen LogP contribution in [0, 0.1) is 13.8 Å². The molecule has 2 heterocycles. The zero-order valence-corrected chi connectivity index (χ0v) is 9.78. The van der Waals surface area contributed by atoms with Gasteiger partial charge < -0.3 is 4.57 Å². The summed E-state index contributed by atoms with van der Waals surface area (Å²) in [7, 11) is 1.90. The lowest BCUT2D eigenvalue weighted by atomic mass is 10.3. The molecule has 0 aromatic carbocycles. The second kappa shape index (κ2) is 3.70. The minimum absolute atomic E-state index is 0.710. The van der Waals surface area contributed by atoms with E-state index in [9.17, 15) is 0 Å². The van der Waals surface area contributed by atoms with Crippen molar-refractivity contribution in [2.24, 2.45) is 7.05 Å². The number of rotatable bonds is 2. The zero-order chi connectivity index (χ0) is 11.0. The van der Waals surface area contributed by atoms with Crippen LogP contribution in [0.5, 0.6) is 0 Å². The Kier molecular flexibility index (Phi) is 2.52. The van der Waals surface area contributed by atoms with E-state index in [0.717, 1.165) is 22.2 Å². The number of hydrogen-bond donors (Lipinski definition) is 0. The Morgan fingerprint density at radius 3 is 2.60 bits per heavy atom. The molecule has 80 valence electrons. The van der Waals surface area contributed by atoms with Crippen LogP contribution < -0.4 is 0 Å². The topological polar surface area (TPSA) is 35.6 Å². The van der Waals surface area contributed by atoms with E-state index in [1.165, 1.54) is 0 Å². The third kappa shape index (κ3) is 1.77. The number of nitrogens with zero attached hydrogens (tertiary/aromatic N) is 4. The van der Waals surface area contributed by atoms with Crippen molar-refractivity contribution in [3.63, 3.8) is 0 Å². The molecule has 0 spiro atoms. The largest absolute Gasteiger partial charge is 0.329 e. The predicted octanol–water partition coefficient (Wildman–Crippen LogP) is 1.94. The molecule has 0 saturated carbocycles. The van der Waals surface area contributed by atoms with Gasteiger partial charge in [0.2, 0.25) is 0 Å². The van der Waals surface area contributed by atoms with Crippen LogP contribution >= 0.6 is 11.6 Å². The minimum Gasteiger partial charge on any atom is -0.329 e. The first-order valence-corrected chi connectivity index (χ1v) is 5.13. The number of imidazole rings is 1. The van der Waals surface area contributed by atoms with Gasteiger partial charge in [-0.15, -0.1) is 0 Å². The summed E-state index contributed by atoms with van der Waals surface area (Å²) in [6, 6.07) is 0. The van der Waals surface area contributed by atoms with Crippen molar-refractivity contribution in [2.75, 3.05) is 0 Å². The van der Waals surface area contributed by atoms with E-state index in [1.54, 1.807) is 6.20 Å². The minimum atomic E-state index is 0.710. The highest BCUT2D eigenvalue weighted by atomic mass is 35.5. The molecule has 2 rings (SSSR count). The summed E-state index contributed by atoms with van der Waals surface area (Å²) in [6.07, 6.45) is 3.72. The van der Waals surface area contributed by atoms with Gasteiger partial charge in [-0.05, 0) is 13.8 Å². The maximum atomic E-state index is 6.17. The summed E-state index contributed by atoms with van der Waals surface area (Å²) in [5.41, 5.74) is 1.88. The van der Waals surface area contributed by atoms with Gasteiger partial charge in [0.1, 0.15) is 5.82 Å². The second-order valence-electron chi connectivity index (χ2n) is 3.57. The van der Waals surface area contributed by atoms with Crippen LogP contribution in [0.4, 0.5) is 0 Å². The first-order valence-electron chi connectivity index (χ1n) is 4.75. The Labute approximate surface area is 93.5 Å². The molecule has 5 heteroatoms. The highest BCUT2D eigenvalue weighted by Crippen LogP contribution is 2.20. The van der Waals surface area contributed by atoms with Crippen LogP contribution in [-0.2, 0) is 13.6 Å². The van der Waals surface area contributed by atoms with Crippen molar-refractivity contribution in [3.8, 4) is 0 Å². The summed E-state index contributed by atoms with van der Waals surface area (Å²) in [6.45, 7) is 4.59. The van der Waals surface area contributed by atoms with Crippen LogP contribution in [0.15, 0.2) is 12.4 Å². The Balaban J connectivity index is 2.36. The average Bonchev–Trinajstić information content (AvgIpc) is 2.67. The fourth-order valence-corrected chi connectivity index (χ4v) is 1.80. The third-order valence-electron chi connectivity index (χ3n) is 2.51. The zero-order valence-electron chi connectivity index (χ0n) is 9.03. The molecule has 4 nitrogen and oxygen atoms in total. The van der Waals surface area contributed by atoms with E-state index in [0.29, 0.717) is 6.54 Å². The van der Waals surface area contributed by atoms with Gasteiger partial charge in [-0.3, -0.25) is 4.68 Å². The normalized spacial score (nSPS) is 10.9. The molecule has 0 N–H and O–H groups in total. The van der Waals surface area contributed by atoms with Crippen molar-refractivity contribution in [2.45, 2.75) is 20.4 Å². The first kappa shape index (κ1) is 10.2. The maximum absolute atomic E-state index is 6.17. The summed E-state index contributed by atoms with van der Waals surface area (Å²) in [5, 5.41) is 5.01. The molecule has 0 bridgehead atoms. The fourth-order valence-electron chi connectivity index (χ4n) is 1.58. The van der Waals surface area contributed by atoms with Gasteiger partial charge in [-0.2, -0.15) is 5.10 Å². The Hall–Kier alpha value is -1.29. The van der Waals surface area contributed by atoms with Crippen LogP contribution in [0.1, 0.15) is 17.2 Å². The van der Waals surface area contributed by atoms with E-state index < -0.39 is 0 Å². The molecule has 0 aliphatic carbocycles. The molecular formula is C10H13ClN4. The first-order chi connectivity index (χ1) is 7.09.